The summed E-state index contributed by atoms with van der Waals surface area (Å²) in [5, 5.41) is -0.233. The van der Waals surface area contributed by atoms with Crippen molar-refractivity contribution in [3.05, 3.63) is 64.2 Å². The van der Waals surface area contributed by atoms with Gasteiger partial charge in [0.15, 0.2) is 11.0 Å². The fourth-order valence-corrected chi connectivity index (χ4v) is 2.42. The van der Waals surface area contributed by atoms with Crippen LogP contribution in [0, 0.1) is 5.82 Å². The van der Waals surface area contributed by atoms with Gasteiger partial charge in [0.05, 0.1) is 12.2 Å². The Morgan fingerprint density at radius 2 is 2.05 bits per heavy atom. The summed E-state index contributed by atoms with van der Waals surface area (Å²) < 4.78 is 13.6. The molecule has 0 aliphatic carbocycles. The van der Waals surface area contributed by atoms with Gasteiger partial charge in [-0.25, -0.2) is 9.37 Å². The van der Waals surface area contributed by atoms with Crippen molar-refractivity contribution in [1.82, 2.24) is 4.98 Å². The molecule has 6 heteroatoms. The second-order valence-electron chi connectivity index (χ2n) is 4.58. The van der Waals surface area contributed by atoms with Gasteiger partial charge in [-0.05, 0) is 17.7 Å². The number of pyridine rings is 1. The van der Waals surface area contributed by atoms with Gasteiger partial charge in [-0.3, -0.25) is 4.79 Å². The van der Waals surface area contributed by atoms with Crippen molar-refractivity contribution in [3.8, 4) is 0 Å². The van der Waals surface area contributed by atoms with Crippen LogP contribution < -0.4 is 4.90 Å². The molecular formula is C16H13Cl2FN2O. The minimum atomic E-state index is -0.679. The molecule has 114 valence electrons. The third-order valence-electron chi connectivity index (χ3n) is 3.12. The molecule has 0 aliphatic rings. The Labute approximate surface area is 138 Å². The lowest BCUT2D eigenvalue weighted by molar-refractivity contribution is -0.116. The number of rotatable bonds is 4. The summed E-state index contributed by atoms with van der Waals surface area (Å²) in [4.78, 5) is 17.2. The molecule has 0 bridgehead atoms. The van der Waals surface area contributed by atoms with Crippen molar-refractivity contribution in [1.29, 1.82) is 0 Å². The van der Waals surface area contributed by atoms with E-state index in [9.17, 15) is 9.18 Å². The number of halogens is 3. The number of hydrogen-bond acceptors (Lipinski definition) is 2. The van der Waals surface area contributed by atoms with Crippen molar-refractivity contribution in [2.45, 2.75) is 13.5 Å². The Bertz CT molecular complexity index is 734. The molecule has 1 aromatic carbocycles. The van der Waals surface area contributed by atoms with Crippen LogP contribution >= 0.6 is 23.2 Å². The molecule has 0 atom stereocenters. The smallest absolute Gasteiger partial charge is 0.224 e. The molecule has 3 nitrogen and oxygen atoms in total. The molecule has 0 spiro atoms. The van der Waals surface area contributed by atoms with Crippen LogP contribution in [0.4, 0.5) is 10.1 Å². The minimum absolute atomic E-state index is 0.0636. The zero-order valence-corrected chi connectivity index (χ0v) is 13.3. The van der Waals surface area contributed by atoms with Crippen LogP contribution in [0.2, 0.25) is 10.3 Å². The van der Waals surface area contributed by atoms with Crippen molar-refractivity contribution >= 4 is 40.9 Å². The highest BCUT2D eigenvalue weighted by Gasteiger charge is 2.18. The second kappa shape index (κ2) is 6.90. The van der Waals surface area contributed by atoms with Gasteiger partial charge in [0, 0.05) is 12.5 Å². The summed E-state index contributed by atoms with van der Waals surface area (Å²) in [6, 6.07) is 8.45. The normalized spacial score (nSPS) is 10.4. The Morgan fingerprint density at radius 3 is 2.68 bits per heavy atom. The van der Waals surface area contributed by atoms with Gasteiger partial charge in [-0.2, -0.15) is 0 Å². The fourth-order valence-electron chi connectivity index (χ4n) is 2.04. The van der Waals surface area contributed by atoms with Gasteiger partial charge in [-0.15, -0.1) is 0 Å². The van der Waals surface area contributed by atoms with Crippen LogP contribution in [-0.2, 0) is 11.3 Å². The molecule has 0 unspecified atom stereocenters. The van der Waals surface area contributed by atoms with E-state index in [-0.39, 0.29) is 22.8 Å². The van der Waals surface area contributed by atoms with E-state index in [4.69, 9.17) is 23.2 Å². The average molecular weight is 339 g/mol. The highest BCUT2D eigenvalue weighted by atomic mass is 35.5. The predicted octanol–water partition coefficient (Wildman–Crippen LogP) is 4.72. The maximum Gasteiger partial charge on any atom is 0.224 e. The van der Waals surface area contributed by atoms with Crippen LogP contribution in [0.5, 0.6) is 0 Å². The third-order valence-corrected chi connectivity index (χ3v) is 3.71. The van der Waals surface area contributed by atoms with Crippen LogP contribution in [0.15, 0.2) is 36.9 Å². The summed E-state index contributed by atoms with van der Waals surface area (Å²) in [6.07, 6.45) is 1.65. The maximum atomic E-state index is 13.6. The number of amides is 1. The molecule has 1 aromatic heterocycles. The number of para-hydroxylation sites is 1. The second-order valence-corrected chi connectivity index (χ2v) is 5.30. The molecule has 22 heavy (non-hydrogen) atoms. The lowest BCUT2D eigenvalue weighted by atomic mass is 10.1. The highest BCUT2D eigenvalue weighted by molar-refractivity contribution is 6.33. The van der Waals surface area contributed by atoms with Crippen LogP contribution in [0.25, 0.3) is 6.08 Å². The number of hydrogen-bond donors (Lipinski definition) is 0. The van der Waals surface area contributed by atoms with E-state index in [1.54, 1.807) is 18.2 Å². The summed E-state index contributed by atoms with van der Waals surface area (Å²) in [6.45, 7) is 5.24. The molecule has 2 rings (SSSR count). The fraction of sp³-hybridized carbons (Fsp3) is 0.125. The van der Waals surface area contributed by atoms with Crippen LogP contribution in [0.1, 0.15) is 18.1 Å². The standard InChI is InChI=1S/C16H13Cl2FN2O/c1-3-11-6-4-5-7-14(11)21(10(2)22)9-12-8-13(19)16(18)20-15(12)17/h3-8H,1,9H2,2H3. The van der Waals surface area contributed by atoms with Crippen molar-refractivity contribution in [3.63, 3.8) is 0 Å². The van der Waals surface area contributed by atoms with Crippen LogP contribution in [-0.4, -0.2) is 10.9 Å². The van der Waals surface area contributed by atoms with Gasteiger partial charge in [0.25, 0.3) is 0 Å². The van der Waals surface area contributed by atoms with Gasteiger partial charge in [-0.1, -0.05) is 54.1 Å². The predicted molar refractivity (Wildman–Crippen MR) is 87.6 cm³/mol. The first-order valence-electron chi connectivity index (χ1n) is 6.44. The SMILES string of the molecule is C=Cc1ccccc1N(Cc1cc(F)c(Cl)nc1Cl)C(C)=O. The van der Waals surface area contributed by atoms with Crippen molar-refractivity contribution in [2.24, 2.45) is 0 Å². The van der Waals surface area contributed by atoms with Gasteiger partial charge in [0.1, 0.15) is 5.15 Å². The third kappa shape index (κ3) is 3.46. The molecule has 1 amide bonds. The summed E-state index contributed by atoms with van der Waals surface area (Å²) in [5.41, 5.74) is 1.82. The minimum Gasteiger partial charge on any atom is -0.308 e. The van der Waals surface area contributed by atoms with Gasteiger partial charge < -0.3 is 4.90 Å². The maximum absolute atomic E-state index is 13.6. The first-order chi connectivity index (χ1) is 10.4. The lowest BCUT2D eigenvalue weighted by Gasteiger charge is -2.23. The highest BCUT2D eigenvalue weighted by Crippen LogP contribution is 2.27. The van der Waals surface area contributed by atoms with E-state index in [0.717, 1.165) is 5.56 Å². The monoisotopic (exact) mass is 338 g/mol. The molecule has 1 heterocycles. The van der Waals surface area contributed by atoms with E-state index in [1.807, 2.05) is 12.1 Å². The number of benzene rings is 1. The Hall–Kier alpha value is -1.91. The first-order valence-corrected chi connectivity index (χ1v) is 7.19. The van der Waals surface area contributed by atoms with E-state index in [0.29, 0.717) is 11.3 Å². The van der Waals surface area contributed by atoms with Gasteiger partial charge >= 0.3 is 0 Å². The Balaban J connectivity index is 2.44. The molecule has 0 saturated heterocycles. The van der Waals surface area contributed by atoms with Crippen LogP contribution in [0.3, 0.4) is 0 Å². The molecule has 0 radical (unpaired) electrons. The molecule has 0 fully saturated rings. The molecule has 2 aromatic rings. The largest absolute Gasteiger partial charge is 0.308 e. The van der Waals surface area contributed by atoms with E-state index < -0.39 is 5.82 Å². The Morgan fingerprint density at radius 1 is 1.36 bits per heavy atom. The molecule has 0 saturated carbocycles. The topological polar surface area (TPSA) is 33.2 Å². The average Bonchev–Trinajstić information content (AvgIpc) is 2.49. The van der Waals surface area contributed by atoms with E-state index in [2.05, 4.69) is 11.6 Å². The summed E-state index contributed by atoms with van der Waals surface area (Å²) in [7, 11) is 0. The lowest BCUT2D eigenvalue weighted by Crippen LogP contribution is -2.28. The Kier molecular flexibility index (Phi) is 5.16. The zero-order valence-electron chi connectivity index (χ0n) is 11.8. The summed E-state index contributed by atoms with van der Waals surface area (Å²) >= 11 is 11.6. The quantitative estimate of drug-likeness (QED) is 0.755. The number of carbonyl (C=O) groups excluding carboxylic acids is 1. The number of carbonyl (C=O) groups is 1. The molecule has 0 aliphatic heterocycles. The van der Waals surface area contributed by atoms with Crippen molar-refractivity contribution in [2.75, 3.05) is 4.90 Å². The molecule has 0 N–H and O–H groups in total. The number of aromatic nitrogens is 1. The number of anilines is 1. The zero-order chi connectivity index (χ0) is 16.3. The van der Waals surface area contributed by atoms with E-state index in [1.165, 1.54) is 17.9 Å². The molecular weight excluding hydrogens is 326 g/mol. The number of nitrogens with zero attached hydrogens (tertiary/aromatic N) is 2. The summed E-state index contributed by atoms with van der Waals surface area (Å²) in [5.74, 6) is -0.887. The van der Waals surface area contributed by atoms with Crippen molar-refractivity contribution < 1.29 is 9.18 Å². The van der Waals surface area contributed by atoms with E-state index >= 15 is 0 Å². The first kappa shape index (κ1) is 16.5. The van der Waals surface area contributed by atoms with Gasteiger partial charge in [0.2, 0.25) is 5.91 Å².